The average molecular weight is 441 g/mol. The first-order valence-electron chi connectivity index (χ1n) is 11.2. The number of benzene rings is 1. The lowest BCUT2D eigenvalue weighted by molar-refractivity contribution is -0.123. The monoisotopic (exact) mass is 441 g/mol. The molecule has 8 nitrogen and oxygen atoms in total. The molecule has 3 fully saturated rings. The molecule has 8 heteroatoms. The zero-order valence-corrected chi connectivity index (χ0v) is 18.5. The van der Waals surface area contributed by atoms with E-state index < -0.39 is 17.0 Å². The average Bonchev–Trinajstić information content (AvgIpc) is 3.66. The van der Waals surface area contributed by atoms with Crippen LogP contribution in [0.25, 0.3) is 0 Å². The lowest BCUT2D eigenvalue weighted by Crippen LogP contribution is -2.43. The maximum Gasteiger partial charge on any atom is 0.332 e. The smallest absolute Gasteiger partial charge is 0.310 e. The minimum absolute atomic E-state index is 0.131. The Morgan fingerprint density at radius 2 is 1.85 bits per heavy atom. The summed E-state index contributed by atoms with van der Waals surface area (Å²) in [6.45, 7) is 3.67. The van der Waals surface area contributed by atoms with Crippen molar-refractivity contribution in [2.75, 3.05) is 10.2 Å². The van der Waals surface area contributed by atoms with Gasteiger partial charge < -0.3 is 10.2 Å². The predicted octanol–water partition coefficient (Wildman–Crippen LogP) is 3.27. The van der Waals surface area contributed by atoms with Crippen LogP contribution >= 0.6 is 0 Å². The molecule has 1 N–H and O–H groups in total. The standard InChI is InChI=1S/C25H23N5O3/c1-23(2)21(32)30(17-5-3-16(4-6-17)25(14-26)13-24(25)8-9-24)22(33)29(23)12-15-7-10-27-20-18(15)11-19(31)28-20/h3-7,10H,8-9,11-13H2,1-2H3,(H,27,28,31). The Morgan fingerprint density at radius 1 is 1.12 bits per heavy atom. The Bertz CT molecular complexity index is 1290. The molecule has 33 heavy (non-hydrogen) atoms. The van der Waals surface area contributed by atoms with E-state index in [1.165, 1.54) is 4.90 Å². The molecular weight excluding hydrogens is 418 g/mol. The Hall–Kier alpha value is -3.73. The van der Waals surface area contributed by atoms with E-state index in [0.29, 0.717) is 11.5 Å². The number of anilines is 2. The van der Waals surface area contributed by atoms with E-state index in [2.05, 4.69) is 16.4 Å². The number of pyridine rings is 1. The summed E-state index contributed by atoms with van der Waals surface area (Å²) in [5.41, 5.74) is 1.71. The first-order chi connectivity index (χ1) is 15.7. The molecule has 1 atom stereocenters. The van der Waals surface area contributed by atoms with Crippen LogP contribution in [-0.4, -0.2) is 33.3 Å². The fourth-order valence-electron chi connectivity index (χ4n) is 5.57. The fraction of sp³-hybridized carbons (Fsp3) is 0.400. The Morgan fingerprint density at radius 3 is 2.48 bits per heavy atom. The summed E-state index contributed by atoms with van der Waals surface area (Å²) in [5, 5.41) is 12.5. The van der Waals surface area contributed by atoms with Gasteiger partial charge in [-0.3, -0.25) is 9.59 Å². The minimum Gasteiger partial charge on any atom is -0.310 e. The van der Waals surface area contributed by atoms with E-state index in [-0.39, 0.29) is 30.2 Å². The van der Waals surface area contributed by atoms with E-state index >= 15 is 0 Å². The predicted molar refractivity (Wildman–Crippen MR) is 119 cm³/mol. The van der Waals surface area contributed by atoms with Crippen LogP contribution in [0.5, 0.6) is 0 Å². The van der Waals surface area contributed by atoms with Crippen LogP contribution < -0.4 is 10.2 Å². The van der Waals surface area contributed by atoms with Gasteiger partial charge in [0.25, 0.3) is 5.91 Å². The summed E-state index contributed by atoms with van der Waals surface area (Å²) >= 11 is 0. The molecule has 2 saturated carbocycles. The van der Waals surface area contributed by atoms with E-state index in [9.17, 15) is 19.6 Å². The molecular formula is C25H23N5O3. The number of nitrogens with one attached hydrogen (secondary N) is 1. The molecule has 1 saturated heterocycles. The third-order valence-electron chi connectivity index (χ3n) is 7.95. The maximum atomic E-state index is 13.4. The lowest BCUT2D eigenvalue weighted by atomic mass is 9.93. The number of imide groups is 1. The second kappa shape index (κ2) is 6.19. The normalized spacial score (nSPS) is 25.8. The highest BCUT2D eigenvalue weighted by Crippen LogP contribution is 2.78. The van der Waals surface area contributed by atoms with Crippen LogP contribution in [-0.2, 0) is 28.0 Å². The molecule has 1 aromatic carbocycles. The van der Waals surface area contributed by atoms with Crippen LogP contribution in [0, 0.1) is 16.7 Å². The van der Waals surface area contributed by atoms with Gasteiger partial charge in [-0.05, 0) is 67.9 Å². The lowest BCUT2D eigenvalue weighted by Gasteiger charge is -2.28. The van der Waals surface area contributed by atoms with E-state index in [4.69, 9.17) is 0 Å². The van der Waals surface area contributed by atoms with Gasteiger partial charge in [0, 0.05) is 18.3 Å². The molecule has 1 spiro atoms. The number of hydrogen-bond donors (Lipinski definition) is 1. The minimum atomic E-state index is -1.05. The van der Waals surface area contributed by atoms with Crippen molar-refractivity contribution in [1.29, 1.82) is 5.26 Å². The third-order valence-corrected chi connectivity index (χ3v) is 7.95. The van der Waals surface area contributed by atoms with Crippen molar-refractivity contribution in [2.24, 2.45) is 5.41 Å². The van der Waals surface area contributed by atoms with Gasteiger partial charge in [0.2, 0.25) is 5.91 Å². The molecule has 2 aromatic rings. The summed E-state index contributed by atoms with van der Waals surface area (Å²) in [4.78, 5) is 45.5. The topological polar surface area (TPSA) is 106 Å². The van der Waals surface area contributed by atoms with Gasteiger partial charge in [-0.1, -0.05) is 12.1 Å². The van der Waals surface area contributed by atoms with Crippen LogP contribution in [0.3, 0.4) is 0 Å². The van der Waals surface area contributed by atoms with Crippen LogP contribution in [0.4, 0.5) is 16.3 Å². The molecule has 1 aromatic heterocycles. The number of fused-ring (bicyclic) bond motifs is 1. The first kappa shape index (κ1) is 19.9. The van der Waals surface area contributed by atoms with Gasteiger partial charge in [-0.25, -0.2) is 14.7 Å². The van der Waals surface area contributed by atoms with Crippen molar-refractivity contribution >= 4 is 29.4 Å². The largest absolute Gasteiger partial charge is 0.332 e. The van der Waals surface area contributed by atoms with Crippen molar-refractivity contribution in [2.45, 2.75) is 57.0 Å². The van der Waals surface area contributed by atoms with Crippen LogP contribution in [0.1, 0.15) is 49.8 Å². The van der Waals surface area contributed by atoms with Crippen LogP contribution in [0.15, 0.2) is 36.5 Å². The number of urea groups is 1. The highest BCUT2D eigenvalue weighted by atomic mass is 16.2. The van der Waals surface area contributed by atoms with Crippen molar-refractivity contribution in [1.82, 2.24) is 9.88 Å². The third kappa shape index (κ3) is 2.56. The number of hydrogen-bond acceptors (Lipinski definition) is 5. The second-order valence-electron chi connectivity index (χ2n) is 10.1. The van der Waals surface area contributed by atoms with Gasteiger partial charge >= 0.3 is 6.03 Å². The SMILES string of the molecule is CC1(C)C(=O)N(c2ccc(C3(C#N)CC34CC4)cc2)C(=O)N1Cc1ccnc2c1CC(=O)N2. The van der Waals surface area contributed by atoms with Crippen molar-refractivity contribution in [3.05, 3.63) is 53.2 Å². The van der Waals surface area contributed by atoms with Crippen molar-refractivity contribution < 1.29 is 14.4 Å². The molecule has 166 valence electrons. The van der Waals surface area contributed by atoms with E-state index in [1.54, 1.807) is 43.1 Å². The second-order valence-corrected chi connectivity index (χ2v) is 10.1. The number of nitrogens with zero attached hydrogens (tertiary/aromatic N) is 4. The van der Waals surface area contributed by atoms with Crippen LogP contribution in [0.2, 0.25) is 0 Å². The number of carbonyl (C=O) groups excluding carboxylic acids is 3. The van der Waals surface area contributed by atoms with E-state index in [1.807, 2.05) is 12.1 Å². The Labute approximate surface area is 191 Å². The highest BCUT2D eigenvalue weighted by molar-refractivity contribution is 6.23. The Kier molecular flexibility index (Phi) is 3.74. The summed E-state index contributed by atoms with van der Waals surface area (Å²) < 4.78 is 0. The fourth-order valence-corrected chi connectivity index (χ4v) is 5.57. The quantitative estimate of drug-likeness (QED) is 0.733. The summed E-state index contributed by atoms with van der Waals surface area (Å²) in [5.74, 6) is 0.0782. The van der Waals surface area contributed by atoms with Gasteiger partial charge in [0.15, 0.2) is 0 Å². The maximum absolute atomic E-state index is 13.4. The number of aromatic nitrogens is 1. The number of rotatable bonds is 4. The molecule has 0 radical (unpaired) electrons. The van der Waals surface area contributed by atoms with Crippen molar-refractivity contribution in [3.8, 4) is 6.07 Å². The molecule has 2 aliphatic carbocycles. The number of carbonyl (C=O) groups is 3. The highest BCUT2D eigenvalue weighted by Gasteiger charge is 2.75. The molecule has 0 bridgehead atoms. The van der Waals surface area contributed by atoms with Gasteiger partial charge in [0.1, 0.15) is 11.4 Å². The molecule has 6 rings (SSSR count). The van der Waals surface area contributed by atoms with Gasteiger partial charge in [0.05, 0.1) is 23.6 Å². The molecule has 1 unspecified atom stereocenters. The zero-order chi connectivity index (χ0) is 23.2. The summed E-state index contributed by atoms with van der Waals surface area (Å²) in [6, 6.07) is 11.2. The molecule has 3 heterocycles. The zero-order valence-electron chi connectivity index (χ0n) is 18.5. The van der Waals surface area contributed by atoms with Gasteiger partial charge in [-0.15, -0.1) is 0 Å². The molecule has 2 aliphatic heterocycles. The molecule has 4 amide bonds. The summed E-state index contributed by atoms with van der Waals surface area (Å²) in [7, 11) is 0. The summed E-state index contributed by atoms with van der Waals surface area (Å²) in [6.07, 6.45) is 4.89. The van der Waals surface area contributed by atoms with Crippen molar-refractivity contribution in [3.63, 3.8) is 0 Å². The Balaban J connectivity index is 1.29. The molecule has 4 aliphatic rings. The number of amides is 4. The first-order valence-corrected chi connectivity index (χ1v) is 11.2. The van der Waals surface area contributed by atoms with E-state index in [0.717, 1.165) is 36.0 Å². The van der Waals surface area contributed by atoms with Gasteiger partial charge in [-0.2, -0.15) is 5.26 Å². The number of nitriles is 1.